The van der Waals surface area contributed by atoms with E-state index in [0.717, 1.165) is 0 Å². The Balaban J connectivity index is 4.36. The molecule has 0 heterocycles. The predicted molar refractivity (Wildman–Crippen MR) is 45.1 cm³/mol. The highest BCUT2D eigenvalue weighted by Crippen LogP contribution is 2.11. The molecule has 0 unspecified atom stereocenters. The molecular weight excluding hydrogens is 216 g/mol. The Labute approximate surface area is 78.7 Å². The van der Waals surface area contributed by atoms with Crippen LogP contribution in [0.3, 0.4) is 0 Å². The van der Waals surface area contributed by atoms with E-state index in [1.54, 1.807) is 0 Å². The molecule has 0 fully saturated rings. The van der Waals surface area contributed by atoms with Gasteiger partial charge in [0.15, 0.2) is 0 Å². The van der Waals surface area contributed by atoms with Gasteiger partial charge in [-0.05, 0) is 0 Å². The lowest BCUT2D eigenvalue weighted by Crippen LogP contribution is -2.57. The van der Waals surface area contributed by atoms with Crippen molar-refractivity contribution in [3.63, 3.8) is 0 Å². The van der Waals surface area contributed by atoms with Crippen LogP contribution in [0, 0.1) is 0 Å². The molecule has 2 N–H and O–H groups in total. The van der Waals surface area contributed by atoms with Crippen molar-refractivity contribution >= 4 is 18.1 Å². The predicted octanol–water partition coefficient (Wildman–Crippen LogP) is -1.56. The van der Waals surface area contributed by atoms with Gasteiger partial charge >= 0.3 is 18.1 Å². The lowest BCUT2D eigenvalue weighted by Gasteiger charge is -2.26. The molecule has 0 rings (SSSR count). The summed E-state index contributed by atoms with van der Waals surface area (Å²) in [7, 11) is -2.86. The lowest BCUT2D eigenvalue weighted by molar-refractivity contribution is -0.00614. The largest absolute Gasteiger partial charge is 0.670 e. The third kappa shape index (κ3) is 3.80. The normalized spacial score (nSPS) is 13.4. The van der Waals surface area contributed by atoms with E-state index in [4.69, 9.17) is 4.12 Å². The smallest absolute Gasteiger partial charge is 0.368 e. The monoisotopic (exact) mass is 230 g/mol. The molecule has 0 saturated heterocycles. The van der Waals surface area contributed by atoms with Crippen LogP contribution >= 0.6 is 0 Å². The third-order valence-electron chi connectivity index (χ3n) is 1.29. The number of hydrogen-bond donors (Lipinski definition) is 2. The molecule has 0 aromatic rings. The van der Waals surface area contributed by atoms with Gasteiger partial charge < -0.3 is 31.4 Å². The first-order valence-corrected chi connectivity index (χ1v) is 6.65. The summed E-state index contributed by atoms with van der Waals surface area (Å²) in [5, 5.41) is 0. The summed E-state index contributed by atoms with van der Waals surface area (Å²) in [5.41, 5.74) is 0. The average Bonchev–Trinajstić information content (AvgIpc) is 2.17. The Kier molecular flexibility index (Phi) is 5.20. The average molecular weight is 230 g/mol. The summed E-state index contributed by atoms with van der Waals surface area (Å²) in [6.45, 7) is 0. The minimum absolute atomic E-state index is 1.19. The van der Waals surface area contributed by atoms with Crippen LogP contribution in [0.1, 0.15) is 0 Å². The minimum atomic E-state index is -3.81. The van der Waals surface area contributed by atoms with E-state index in [1.807, 2.05) is 0 Å². The van der Waals surface area contributed by atoms with Gasteiger partial charge in [0.05, 0.1) is 0 Å². The fourth-order valence-corrected chi connectivity index (χ4v) is 3.47. The summed E-state index contributed by atoms with van der Waals surface area (Å²) < 4.78 is 22.9. The molecule has 7 nitrogen and oxygen atoms in total. The first-order chi connectivity index (χ1) is 5.95. The van der Waals surface area contributed by atoms with Crippen LogP contribution in [0.25, 0.3) is 0 Å². The van der Waals surface area contributed by atoms with Crippen LogP contribution in [0.15, 0.2) is 0 Å². The summed E-state index contributed by atoms with van der Waals surface area (Å²) in [6, 6.07) is 0. The zero-order valence-electron chi connectivity index (χ0n) is 7.94. The molecule has 0 aliphatic rings. The maximum atomic E-state index is 9.41. The highest BCUT2D eigenvalue weighted by atomic mass is 28.5. The molecule has 0 aromatic carbocycles. The fourth-order valence-electron chi connectivity index (χ4n) is 0.496. The zero-order valence-corrected chi connectivity index (χ0v) is 9.94. The van der Waals surface area contributed by atoms with Gasteiger partial charge in [0.25, 0.3) is 0 Å². The van der Waals surface area contributed by atoms with Crippen LogP contribution < -0.4 is 0 Å². The van der Waals surface area contributed by atoms with E-state index in [-0.39, 0.29) is 0 Å². The van der Waals surface area contributed by atoms with Crippen molar-refractivity contribution in [1.82, 2.24) is 0 Å². The second-order valence-electron chi connectivity index (χ2n) is 1.97. The van der Waals surface area contributed by atoms with Crippen LogP contribution in [0.2, 0.25) is 0 Å². The summed E-state index contributed by atoms with van der Waals surface area (Å²) >= 11 is 0. The van der Waals surface area contributed by atoms with Gasteiger partial charge in [-0.2, -0.15) is 0 Å². The third-order valence-corrected chi connectivity index (χ3v) is 5.42. The molecule has 0 aliphatic carbocycles. The topological polar surface area (TPSA) is 86.6 Å². The molecular formula is C4H14O7Si2. The molecule has 13 heavy (non-hydrogen) atoms. The fraction of sp³-hybridized carbons (Fsp3) is 1.00. The second-order valence-corrected chi connectivity index (χ2v) is 6.51. The Morgan fingerprint density at radius 3 is 1.08 bits per heavy atom. The van der Waals surface area contributed by atoms with Crippen LogP contribution in [0.4, 0.5) is 0 Å². The molecule has 0 aliphatic heterocycles. The van der Waals surface area contributed by atoms with E-state index in [2.05, 4.69) is 17.7 Å². The maximum absolute atomic E-state index is 9.41. The quantitative estimate of drug-likeness (QED) is 0.534. The van der Waals surface area contributed by atoms with Crippen molar-refractivity contribution in [2.24, 2.45) is 0 Å². The number of rotatable bonds is 6. The molecule has 0 saturated carbocycles. The van der Waals surface area contributed by atoms with Gasteiger partial charge in [-0.1, -0.05) is 0 Å². The molecule has 80 valence electrons. The molecule has 0 aromatic heterocycles. The van der Waals surface area contributed by atoms with E-state index < -0.39 is 18.1 Å². The van der Waals surface area contributed by atoms with Gasteiger partial charge in [0.2, 0.25) is 0 Å². The Hall–Kier alpha value is 0.154. The Morgan fingerprint density at radius 2 is 0.923 bits per heavy atom. The summed E-state index contributed by atoms with van der Waals surface area (Å²) in [5.74, 6) is 0. The maximum Gasteiger partial charge on any atom is 0.670 e. The van der Waals surface area contributed by atoms with Gasteiger partial charge in [-0.15, -0.1) is 0 Å². The molecule has 0 atom stereocenters. The van der Waals surface area contributed by atoms with Crippen molar-refractivity contribution < 1.29 is 31.4 Å². The van der Waals surface area contributed by atoms with Crippen molar-refractivity contribution in [3.05, 3.63) is 0 Å². The van der Waals surface area contributed by atoms with E-state index >= 15 is 0 Å². The first kappa shape index (κ1) is 13.2. The highest BCUT2D eigenvalue weighted by molar-refractivity contribution is 6.66. The Bertz CT molecular complexity index is 129. The SMILES string of the molecule is CO[Si](O)(OC)O[Si](O)(OC)OC. The molecule has 0 spiro atoms. The zero-order chi connectivity index (χ0) is 10.5. The molecule has 9 heteroatoms. The van der Waals surface area contributed by atoms with E-state index in [9.17, 15) is 9.59 Å². The molecule has 0 bridgehead atoms. The van der Waals surface area contributed by atoms with Crippen molar-refractivity contribution in [2.75, 3.05) is 28.4 Å². The van der Waals surface area contributed by atoms with Gasteiger partial charge in [0.1, 0.15) is 0 Å². The summed E-state index contributed by atoms with van der Waals surface area (Å²) in [6.07, 6.45) is 0. The second kappa shape index (κ2) is 5.14. The van der Waals surface area contributed by atoms with E-state index in [0.29, 0.717) is 0 Å². The lowest BCUT2D eigenvalue weighted by atomic mass is 11.8. The van der Waals surface area contributed by atoms with E-state index in [1.165, 1.54) is 28.4 Å². The summed E-state index contributed by atoms with van der Waals surface area (Å²) in [4.78, 5) is 18.8. The molecule has 0 amide bonds. The van der Waals surface area contributed by atoms with Crippen molar-refractivity contribution in [1.29, 1.82) is 0 Å². The van der Waals surface area contributed by atoms with Gasteiger partial charge in [-0.3, -0.25) is 0 Å². The van der Waals surface area contributed by atoms with Gasteiger partial charge in [-0.25, -0.2) is 0 Å². The van der Waals surface area contributed by atoms with Crippen LogP contribution in [-0.2, 0) is 21.8 Å². The molecule has 0 radical (unpaired) electrons. The van der Waals surface area contributed by atoms with Crippen molar-refractivity contribution in [2.45, 2.75) is 0 Å². The van der Waals surface area contributed by atoms with Crippen LogP contribution in [0.5, 0.6) is 0 Å². The van der Waals surface area contributed by atoms with Crippen molar-refractivity contribution in [3.8, 4) is 0 Å². The Morgan fingerprint density at radius 1 is 0.692 bits per heavy atom. The van der Waals surface area contributed by atoms with Gasteiger partial charge in [0, 0.05) is 28.4 Å². The van der Waals surface area contributed by atoms with Crippen LogP contribution in [-0.4, -0.2) is 56.1 Å². The number of hydrogen-bond acceptors (Lipinski definition) is 7. The first-order valence-electron chi connectivity index (χ1n) is 3.30. The standard InChI is InChI=1S/C4H14O7Si2/c1-7-12(5,8-2)11-13(6,9-3)10-4/h5-6H,1-4H3. The minimum Gasteiger partial charge on any atom is -0.368 e. The highest BCUT2D eigenvalue weighted by Gasteiger charge is 2.53.